The summed E-state index contributed by atoms with van der Waals surface area (Å²) in [5, 5.41) is 13.6. The second-order valence-corrected chi connectivity index (χ2v) is 7.22. The highest BCUT2D eigenvalue weighted by atomic mass is 35.5. The molecule has 2 N–H and O–H groups in total. The average Bonchev–Trinajstić information content (AvgIpc) is 3.20. The zero-order valence-corrected chi connectivity index (χ0v) is 16.0. The lowest BCUT2D eigenvalue weighted by Crippen LogP contribution is -1.93. The van der Waals surface area contributed by atoms with Crippen LogP contribution in [0.5, 0.6) is 0 Å². The van der Waals surface area contributed by atoms with E-state index in [4.69, 9.17) is 11.6 Å². The summed E-state index contributed by atoms with van der Waals surface area (Å²) in [6, 6.07) is 20.5. The fourth-order valence-corrected chi connectivity index (χ4v) is 3.61. The third-order valence-corrected chi connectivity index (χ3v) is 5.41. The number of hydrogen-bond acceptors (Lipinski definition) is 3. The number of benzene rings is 3. The summed E-state index contributed by atoms with van der Waals surface area (Å²) >= 11 is 6.33. The second kappa shape index (κ2) is 6.66. The van der Waals surface area contributed by atoms with Crippen LogP contribution in [0.3, 0.4) is 0 Å². The molecule has 4 nitrogen and oxygen atoms in total. The van der Waals surface area contributed by atoms with Gasteiger partial charge in [0, 0.05) is 33.4 Å². The first-order valence-corrected chi connectivity index (χ1v) is 9.41. The lowest BCUT2D eigenvalue weighted by Gasteiger charge is -2.12. The summed E-state index contributed by atoms with van der Waals surface area (Å²) in [6.45, 7) is 2.01. The minimum absolute atomic E-state index is 0.772. The molecule has 0 spiro atoms. The van der Waals surface area contributed by atoms with Gasteiger partial charge in [0.05, 0.1) is 17.2 Å². The fraction of sp³-hybridized carbons (Fsp3) is 0.0435. The molecule has 5 heteroatoms. The lowest BCUT2D eigenvalue weighted by molar-refractivity contribution is 1.12. The van der Waals surface area contributed by atoms with Gasteiger partial charge >= 0.3 is 0 Å². The Morgan fingerprint density at radius 2 is 1.71 bits per heavy atom. The highest BCUT2D eigenvalue weighted by molar-refractivity contribution is 6.31. The summed E-state index contributed by atoms with van der Waals surface area (Å²) < 4.78 is 0. The van der Waals surface area contributed by atoms with Gasteiger partial charge in [0.1, 0.15) is 0 Å². The van der Waals surface area contributed by atoms with Gasteiger partial charge in [-0.25, -0.2) is 0 Å². The highest BCUT2D eigenvalue weighted by Crippen LogP contribution is 2.33. The molecule has 3 aromatic carbocycles. The Morgan fingerprint density at radius 1 is 0.893 bits per heavy atom. The standard InChI is InChI=1S/C23H17ClN4/c1-14-5-6-16(12-19(14)24)15-7-8-20-17(11-15)22(9-10-25-20)27-21-3-2-4-23-18(21)13-26-28-23/h2-13H,1H3,(H,25,27)(H,26,28). The molecule has 0 saturated carbocycles. The van der Waals surface area contributed by atoms with Crippen LogP contribution in [0.15, 0.2) is 73.1 Å². The maximum absolute atomic E-state index is 6.33. The Hall–Kier alpha value is -3.37. The predicted molar refractivity (Wildman–Crippen MR) is 116 cm³/mol. The number of nitrogens with one attached hydrogen (secondary N) is 2. The number of halogens is 1. The summed E-state index contributed by atoms with van der Waals surface area (Å²) in [4.78, 5) is 4.52. The van der Waals surface area contributed by atoms with Gasteiger partial charge in [-0.05, 0) is 60.0 Å². The molecular formula is C23H17ClN4. The molecule has 2 heterocycles. The molecule has 0 aliphatic carbocycles. The first-order chi connectivity index (χ1) is 13.7. The van der Waals surface area contributed by atoms with Gasteiger partial charge in [-0.1, -0.05) is 35.9 Å². The third-order valence-electron chi connectivity index (χ3n) is 5.00. The van der Waals surface area contributed by atoms with Crippen LogP contribution < -0.4 is 5.32 Å². The van der Waals surface area contributed by atoms with Gasteiger partial charge in [0.25, 0.3) is 0 Å². The van der Waals surface area contributed by atoms with Crippen molar-refractivity contribution in [2.45, 2.75) is 6.92 Å². The Morgan fingerprint density at radius 3 is 2.61 bits per heavy atom. The maximum atomic E-state index is 6.33. The van der Waals surface area contributed by atoms with E-state index >= 15 is 0 Å². The van der Waals surface area contributed by atoms with Crippen molar-refractivity contribution in [3.63, 3.8) is 0 Å². The fourth-order valence-electron chi connectivity index (χ4n) is 3.43. The van der Waals surface area contributed by atoms with E-state index in [9.17, 15) is 0 Å². The molecule has 0 fully saturated rings. The number of aromatic nitrogens is 3. The summed E-state index contributed by atoms with van der Waals surface area (Å²) in [5.74, 6) is 0. The molecule has 0 saturated heterocycles. The molecule has 5 rings (SSSR count). The molecule has 0 radical (unpaired) electrons. The summed E-state index contributed by atoms with van der Waals surface area (Å²) in [7, 11) is 0. The SMILES string of the molecule is Cc1ccc(-c2ccc3nccc(Nc4cccc5[nH]ncc45)c3c2)cc1Cl. The summed E-state index contributed by atoms with van der Waals surface area (Å²) in [6.07, 6.45) is 3.66. The Labute approximate surface area is 167 Å². The minimum atomic E-state index is 0.772. The largest absolute Gasteiger partial charge is 0.354 e. The van der Waals surface area contributed by atoms with Crippen LogP contribution >= 0.6 is 11.6 Å². The van der Waals surface area contributed by atoms with Gasteiger partial charge in [-0.3, -0.25) is 10.1 Å². The maximum Gasteiger partial charge on any atom is 0.0723 e. The molecule has 5 aromatic rings. The molecule has 2 aromatic heterocycles. The first-order valence-electron chi connectivity index (χ1n) is 9.03. The number of aromatic amines is 1. The Bertz CT molecular complexity index is 1320. The molecule has 0 unspecified atom stereocenters. The van der Waals surface area contributed by atoms with Crippen molar-refractivity contribution in [3.8, 4) is 11.1 Å². The van der Waals surface area contributed by atoms with Crippen molar-refractivity contribution in [2.24, 2.45) is 0 Å². The summed E-state index contributed by atoms with van der Waals surface area (Å²) in [5.41, 5.74) is 7.20. The topological polar surface area (TPSA) is 53.6 Å². The van der Waals surface area contributed by atoms with Gasteiger partial charge < -0.3 is 5.32 Å². The third kappa shape index (κ3) is 2.88. The van der Waals surface area contributed by atoms with Crippen molar-refractivity contribution in [3.05, 3.63) is 83.6 Å². The molecule has 0 bridgehead atoms. The van der Waals surface area contributed by atoms with Crippen LogP contribution in [-0.2, 0) is 0 Å². The quantitative estimate of drug-likeness (QED) is 0.374. The van der Waals surface area contributed by atoms with E-state index in [1.54, 1.807) is 0 Å². The lowest BCUT2D eigenvalue weighted by atomic mass is 10.0. The number of H-pyrrole nitrogens is 1. The Balaban J connectivity index is 1.63. The predicted octanol–water partition coefficient (Wildman–Crippen LogP) is 6.48. The van der Waals surface area contributed by atoms with Crippen LogP contribution in [0.2, 0.25) is 5.02 Å². The smallest absolute Gasteiger partial charge is 0.0723 e. The van der Waals surface area contributed by atoms with E-state index in [0.29, 0.717) is 0 Å². The van der Waals surface area contributed by atoms with E-state index in [2.05, 4.69) is 38.7 Å². The van der Waals surface area contributed by atoms with Crippen LogP contribution in [-0.4, -0.2) is 15.2 Å². The van der Waals surface area contributed by atoms with E-state index in [1.807, 2.05) is 61.8 Å². The first kappa shape index (κ1) is 16.8. The number of anilines is 2. The van der Waals surface area contributed by atoms with Gasteiger partial charge in [0.15, 0.2) is 0 Å². The van der Waals surface area contributed by atoms with Crippen molar-refractivity contribution in [2.75, 3.05) is 5.32 Å². The van der Waals surface area contributed by atoms with Crippen molar-refractivity contribution >= 4 is 44.8 Å². The molecular weight excluding hydrogens is 368 g/mol. The Kier molecular flexibility index (Phi) is 3.99. The van der Waals surface area contributed by atoms with Gasteiger partial charge in [-0.15, -0.1) is 0 Å². The number of pyridine rings is 1. The monoisotopic (exact) mass is 384 g/mol. The molecule has 136 valence electrons. The molecule has 0 aliphatic heterocycles. The van der Waals surface area contributed by atoms with Crippen LogP contribution in [0.25, 0.3) is 32.9 Å². The second-order valence-electron chi connectivity index (χ2n) is 6.82. The van der Waals surface area contributed by atoms with Crippen molar-refractivity contribution < 1.29 is 0 Å². The van der Waals surface area contributed by atoms with Crippen LogP contribution in [0.4, 0.5) is 11.4 Å². The molecule has 0 aliphatic rings. The number of fused-ring (bicyclic) bond motifs is 2. The van der Waals surface area contributed by atoms with Crippen LogP contribution in [0.1, 0.15) is 5.56 Å². The molecule has 28 heavy (non-hydrogen) atoms. The van der Waals surface area contributed by atoms with E-state index < -0.39 is 0 Å². The molecule has 0 atom stereocenters. The van der Waals surface area contributed by atoms with E-state index in [1.165, 1.54) is 0 Å². The minimum Gasteiger partial charge on any atom is -0.354 e. The number of nitrogens with zero attached hydrogens (tertiary/aromatic N) is 2. The average molecular weight is 385 g/mol. The number of hydrogen-bond donors (Lipinski definition) is 2. The highest BCUT2D eigenvalue weighted by Gasteiger charge is 2.09. The molecule has 0 amide bonds. The zero-order valence-electron chi connectivity index (χ0n) is 15.2. The van der Waals surface area contributed by atoms with Crippen molar-refractivity contribution in [1.82, 2.24) is 15.2 Å². The number of rotatable bonds is 3. The van der Waals surface area contributed by atoms with Crippen LogP contribution in [0, 0.1) is 6.92 Å². The number of aryl methyl sites for hydroxylation is 1. The van der Waals surface area contributed by atoms with Gasteiger partial charge in [0.2, 0.25) is 0 Å². The van der Waals surface area contributed by atoms with Crippen molar-refractivity contribution in [1.29, 1.82) is 0 Å². The van der Waals surface area contributed by atoms with Gasteiger partial charge in [-0.2, -0.15) is 5.10 Å². The van der Waals surface area contributed by atoms with E-state index in [0.717, 1.165) is 54.9 Å². The normalized spacial score (nSPS) is 11.2. The van der Waals surface area contributed by atoms with E-state index in [-0.39, 0.29) is 0 Å². The zero-order chi connectivity index (χ0) is 19.1.